The van der Waals surface area contributed by atoms with Crippen molar-refractivity contribution in [2.45, 2.75) is 6.61 Å². The molecular weight excluding hydrogens is 160 g/mol. The Balaban J connectivity index is 2.83. The maximum atomic E-state index is 11.1. The highest BCUT2D eigenvalue weighted by Gasteiger charge is 2.04. The van der Waals surface area contributed by atoms with Crippen molar-refractivity contribution < 1.29 is 5.11 Å². The molecule has 0 atom stereocenters. The van der Waals surface area contributed by atoms with Crippen molar-refractivity contribution in [3.05, 3.63) is 22.5 Å². The number of aliphatic hydroxyl groups excluding tert-OH is 1. The summed E-state index contributed by atoms with van der Waals surface area (Å²) in [5, 5.41) is 8.70. The number of imidazole rings is 1. The number of nitrogens with one attached hydrogen (secondary N) is 2. The van der Waals surface area contributed by atoms with Crippen molar-refractivity contribution in [1.82, 2.24) is 19.9 Å². The summed E-state index contributed by atoms with van der Waals surface area (Å²) in [5.41, 5.74) is 0.330. The fraction of sp³-hybridized carbons (Fsp3) is 0.167. The van der Waals surface area contributed by atoms with Gasteiger partial charge in [-0.25, -0.2) is 9.97 Å². The third-order valence-corrected chi connectivity index (χ3v) is 1.49. The van der Waals surface area contributed by atoms with Crippen LogP contribution in [-0.4, -0.2) is 25.0 Å². The molecule has 0 spiro atoms. The predicted octanol–water partition coefficient (Wildman–Crippen LogP) is -0.862. The van der Waals surface area contributed by atoms with Crippen LogP contribution in [0.5, 0.6) is 0 Å². The zero-order valence-electron chi connectivity index (χ0n) is 6.03. The Bertz CT molecular complexity index is 458. The van der Waals surface area contributed by atoms with Crippen LogP contribution in [0.3, 0.4) is 0 Å². The second-order valence-electron chi connectivity index (χ2n) is 2.27. The Hall–Kier alpha value is -1.69. The lowest BCUT2D eigenvalue weighted by molar-refractivity contribution is 0.273. The number of aliphatic hydroxyl groups is 1. The smallest absolute Gasteiger partial charge is 0.276 e. The molecule has 6 heteroatoms. The summed E-state index contributed by atoms with van der Waals surface area (Å²) < 4.78 is 0. The molecule has 2 rings (SSSR count). The van der Waals surface area contributed by atoms with E-state index in [0.29, 0.717) is 17.0 Å². The van der Waals surface area contributed by atoms with Gasteiger partial charge in [0.25, 0.3) is 5.56 Å². The highest BCUT2D eigenvalue weighted by atomic mass is 16.3. The van der Waals surface area contributed by atoms with Gasteiger partial charge < -0.3 is 15.1 Å². The van der Waals surface area contributed by atoms with Gasteiger partial charge in [0.15, 0.2) is 11.2 Å². The first kappa shape index (κ1) is 6.99. The minimum atomic E-state index is -0.285. The average molecular weight is 166 g/mol. The van der Waals surface area contributed by atoms with Gasteiger partial charge in [-0.1, -0.05) is 0 Å². The maximum absolute atomic E-state index is 11.1. The van der Waals surface area contributed by atoms with Gasteiger partial charge in [0, 0.05) is 0 Å². The highest BCUT2D eigenvalue weighted by Crippen LogP contribution is 2.01. The van der Waals surface area contributed by atoms with Gasteiger partial charge in [-0.3, -0.25) is 4.79 Å². The molecule has 2 aromatic heterocycles. The van der Waals surface area contributed by atoms with Crippen LogP contribution < -0.4 is 5.56 Å². The molecule has 0 radical (unpaired) electrons. The van der Waals surface area contributed by atoms with Crippen molar-refractivity contribution >= 4 is 11.2 Å². The van der Waals surface area contributed by atoms with Gasteiger partial charge in [0.2, 0.25) is 0 Å². The fourth-order valence-electron chi connectivity index (χ4n) is 0.963. The van der Waals surface area contributed by atoms with E-state index >= 15 is 0 Å². The van der Waals surface area contributed by atoms with E-state index in [-0.39, 0.29) is 12.2 Å². The molecule has 0 saturated heterocycles. The molecule has 6 nitrogen and oxygen atoms in total. The predicted molar refractivity (Wildman–Crippen MR) is 40.4 cm³/mol. The quantitative estimate of drug-likeness (QED) is 0.513. The molecule has 0 aliphatic carbocycles. The first-order chi connectivity index (χ1) is 5.81. The van der Waals surface area contributed by atoms with Crippen LogP contribution in [0.25, 0.3) is 11.2 Å². The van der Waals surface area contributed by atoms with E-state index in [2.05, 4.69) is 19.9 Å². The number of aromatic nitrogens is 4. The summed E-state index contributed by atoms with van der Waals surface area (Å²) in [6.45, 7) is -0.226. The molecule has 62 valence electrons. The van der Waals surface area contributed by atoms with Crippen LogP contribution in [0.15, 0.2) is 11.1 Å². The Kier molecular flexibility index (Phi) is 1.41. The molecule has 0 saturated carbocycles. The largest absolute Gasteiger partial charge is 0.388 e. The van der Waals surface area contributed by atoms with E-state index in [0.717, 1.165) is 0 Å². The van der Waals surface area contributed by atoms with Crippen LogP contribution in [0.1, 0.15) is 5.82 Å². The molecule has 0 aromatic carbocycles. The fourth-order valence-corrected chi connectivity index (χ4v) is 0.963. The normalized spacial score (nSPS) is 10.8. The Labute approximate surface area is 66.3 Å². The zero-order chi connectivity index (χ0) is 8.55. The molecular formula is C6H6N4O2. The molecule has 0 amide bonds. The minimum Gasteiger partial charge on any atom is -0.388 e. The molecule has 0 aliphatic rings. The molecule has 12 heavy (non-hydrogen) atoms. The third kappa shape index (κ3) is 0.892. The topological polar surface area (TPSA) is 94.7 Å². The lowest BCUT2D eigenvalue weighted by Crippen LogP contribution is -2.05. The lowest BCUT2D eigenvalue weighted by Gasteiger charge is -1.82. The van der Waals surface area contributed by atoms with Crippen LogP contribution in [0, 0.1) is 0 Å². The molecule has 0 unspecified atom stereocenters. The molecule has 0 bridgehead atoms. The number of aromatic amines is 2. The maximum Gasteiger partial charge on any atom is 0.276 e. The number of hydrogen-bond acceptors (Lipinski definition) is 4. The summed E-state index contributed by atoms with van der Waals surface area (Å²) in [4.78, 5) is 23.8. The van der Waals surface area contributed by atoms with Gasteiger partial charge in [-0.15, -0.1) is 0 Å². The van der Waals surface area contributed by atoms with Crippen LogP contribution >= 0.6 is 0 Å². The van der Waals surface area contributed by atoms with Gasteiger partial charge >= 0.3 is 0 Å². The number of H-pyrrole nitrogens is 2. The molecule has 2 aromatic rings. The van der Waals surface area contributed by atoms with E-state index in [9.17, 15) is 4.79 Å². The van der Waals surface area contributed by atoms with E-state index < -0.39 is 0 Å². The van der Waals surface area contributed by atoms with Crippen LogP contribution in [0.2, 0.25) is 0 Å². The van der Waals surface area contributed by atoms with Gasteiger partial charge in [0.1, 0.15) is 12.4 Å². The van der Waals surface area contributed by atoms with Crippen molar-refractivity contribution in [3.8, 4) is 0 Å². The summed E-state index contributed by atoms with van der Waals surface area (Å²) in [7, 11) is 0. The Morgan fingerprint density at radius 1 is 1.58 bits per heavy atom. The second-order valence-corrected chi connectivity index (χ2v) is 2.27. The van der Waals surface area contributed by atoms with Crippen molar-refractivity contribution in [3.63, 3.8) is 0 Å². The second kappa shape index (κ2) is 2.42. The Morgan fingerprint density at radius 3 is 3.08 bits per heavy atom. The van der Waals surface area contributed by atoms with E-state index in [4.69, 9.17) is 5.11 Å². The highest BCUT2D eigenvalue weighted by molar-refractivity contribution is 5.68. The van der Waals surface area contributed by atoms with Crippen LogP contribution in [-0.2, 0) is 6.61 Å². The Morgan fingerprint density at radius 2 is 2.42 bits per heavy atom. The number of fused-ring (bicyclic) bond motifs is 1. The zero-order valence-corrected chi connectivity index (χ0v) is 6.03. The van der Waals surface area contributed by atoms with Crippen LogP contribution in [0.4, 0.5) is 0 Å². The van der Waals surface area contributed by atoms with Gasteiger partial charge in [-0.2, -0.15) is 0 Å². The molecule has 2 heterocycles. The number of hydrogen-bond donors (Lipinski definition) is 3. The standard InChI is InChI=1S/C6H6N4O2/c11-1-3-9-4-5(10-3)7-2-8-6(4)12/h2,11H,1H2,(H2,7,8,9,10,12). The summed E-state index contributed by atoms with van der Waals surface area (Å²) in [5.74, 6) is 0.342. The molecule has 0 aliphatic heterocycles. The lowest BCUT2D eigenvalue weighted by atomic mass is 10.6. The summed E-state index contributed by atoms with van der Waals surface area (Å²) in [6.07, 6.45) is 1.27. The first-order valence-corrected chi connectivity index (χ1v) is 3.34. The number of nitrogens with zero attached hydrogens (tertiary/aromatic N) is 2. The van der Waals surface area contributed by atoms with E-state index in [1.54, 1.807) is 0 Å². The van der Waals surface area contributed by atoms with Crippen molar-refractivity contribution in [2.24, 2.45) is 0 Å². The van der Waals surface area contributed by atoms with Gasteiger partial charge in [0.05, 0.1) is 6.33 Å². The molecule has 0 fully saturated rings. The minimum absolute atomic E-state index is 0.226. The monoisotopic (exact) mass is 166 g/mol. The number of rotatable bonds is 1. The third-order valence-electron chi connectivity index (χ3n) is 1.49. The first-order valence-electron chi connectivity index (χ1n) is 3.34. The summed E-state index contributed by atoms with van der Waals surface area (Å²) >= 11 is 0. The SMILES string of the molecule is O=c1[nH]cnc2nc(CO)[nH]c12. The summed E-state index contributed by atoms with van der Waals surface area (Å²) in [6, 6.07) is 0. The van der Waals surface area contributed by atoms with Crippen molar-refractivity contribution in [2.75, 3.05) is 0 Å². The van der Waals surface area contributed by atoms with Gasteiger partial charge in [-0.05, 0) is 0 Å². The van der Waals surface area contributed by atoms with E-state index in [1.807, 2.05) is 0 Å². The average Bonchev–Trinajstić information content (AvgIpc) is 2.49. The molecule has 3 N–H and O–H groups in total. The van der Waals surface area contributed by atoms with E-state index in [1.165, 1.54) is 6.33 Å². The van der Waals surface area contributed by atoms with Crippen molar-refractivity contribution in [1.29, 1.82) is 0 Å².